The van der Waals surface area contributed by atoms with Gasteiger partial charge in [-0.1, -0.05) is 24.3 Å². The van der Waals surface area contributed by atoms with Crippen LogP contribution in [0.1, 0.15) is 15.9 Å². The number of hydrogen-bond donors (Lipinski definition) is 2. The van der Waals surface area contributed by atoms with Crippen LogP contribution in [0.3, 0.4) is 0 Å². The van der Waals surface area contributed by atoms with Crippen molar-refractivity contribution >= 4 is 17.2 Å². The number of benzene rings is 2. The summed E-state index contributed by atoms with van der Waals surface area (Å²) < 4.78 is 0. The van der Waals surface area contributed by atoms with E-state index in [2.05, 4.69) is 0 Å². The Kier molecular flexibility index (Phi) is 2.60. The molecular weight excluding hydrogens is 200 g/mol. The SMILES string of the molecule is Nc1ccccc1C(=O)c1ccccc1N. The van der Waals surface area contributed by atoms with Gasteiger partial charge < -0.3 is 11.5 Å². The Hall–Kier alpha value is -2.29. The lowest BCUT2D eigenvalue weighted by Crippen LogP contribution is -2.07. The number of carbonyl (C=O) groups is 1. The zero-order valence-corrected chi connectivity index (χ0v) is 8.68. The molecule has 0 saturated heterocycles. The van der Waals surface area contributed by atoms with Crippen molar-refractivity contribution in [1.82, 2.24) is 0 Å². The summed E-state index contributed by atoms with van der Waals surface area (Å²) in [5, 5.41) is 0. The monoisotopic (exact) mass is 212 g/mol. The minimum absolute atomic E-state index is 0.142. The van der Waals surface area contributed by atoms with Crippen LogP contribution in [0.2, 0.25) is 0 Å². The molecule has 0 aliphatic heterocycles. The van der Waals surface area contributed by atoms with Gasteiger partial charge in [0.25, 0.3) is 0 Å². The molecule has 0 bridgehead atoms. The number of ketones is 1. The van der Waals surface area contributed by atoms with Gasteiger partial charge in [-0.15, -0.1) is 0 Å². The lowest BCUT2D eigenvalue weighted by atomic mass is 10.0. The van der Waals surface area contributed by atoms with Crippen LogP contribution >= 0.6 is 0 Å². The van der Waals surface area contributed by atoms with E-state index in [9.17, 15) is 4.79 Å². The maximum Gasteiger partial charge on any atom is 0.197 e. The third kappa shape index (κ3) is 1.75. The Bertz CT molecular complexity index is 487. The predicted molar refractivity (Wildman–Crippen MR) is 65.1 cm³/mol. The fourth-order valence-electron chi connectivity index (χ4n) is 1.55. The third-order valence-corrected chi connectivity index (χ3v) is 2.41. The van der Waals surface area contributed by atoms with Crippen molar-refractivity contribution in [3.05, 3.63) is 59.7 Å². The van der Waals surface area contributed by atoms with E-state index >= 15 is 0 Å². The highest BCUT2D eigenvalue weighted by Crippen LogP contribution is 2.19. The van der Waals surface area contributed by atoms with Crippen LogP contribution in [0.5, 0.6) is 0 Å². The number of nitrogen functional groups attached to an aromatic ring is 2. The molecule has 0 aliphatic carbocycles. The molecule has 0 unspecified atom stereocenters. The van der Waals surface area contributed by atoms with Crippen LogP contribution in [-0.4, -0.2) is 5.78 Å². The Balaban J connectivity index is 2.48. The average molecular weight is 212 g/mol. The van der Waals surface area contributed by atoms with Crippen LogP contribution in [-0.2, 0) is 0 Å². The van der Waals surface area contributed by atoms with Gasteiger partial charge in [-0.3, -0.25) is 4.79 Å². The summed E-state index contributed by atoms with van der Waals surface area (Å²) in [6, 6.07) is 13.9. The van der Waals surface area contributed by atoms with Crippen molar-refractivity contribution < 1.29 is 4.79 Å². The van der Waals surface area contributed by atoms with Crippen LogP contribution in [0, 0.1) is 0 Å². The number of anilines is 2. The van der Waals surface area contributed by atoms with E-state index in [-0.39, 0.29) is 5.78 Å². The summed E-state index contributed by atoms with van der Waals surface area (Å²) in [6.07, 6.45) is 0. The first kappa shape index (κ1) is 10.2. The van der Waals surface area contributed by atoms with E-state index in [1.54, 1.807) is 48.5 Å². The molecule has 2 aromatic carbocycles. The van der Waals surface area contributed by atoms with Crippen molar-refractivity contribution in [1.29, 1.82) is 0 Å². The van der Waals surface area contributed by atoms with Gasteiger partial charge in [0.2, 0.25) is 0 Å². The lowest BCUT2D eigenvalue weighted by molar-refractivity contribution is 0.104. The first-order chi connectivity index (χ1) is 7.70. The first-order valence-electron chi connectivity index (χ1n) is 4.94. The van der Waals surface area contributed by atoms with Crippen LogP contribution < -0.4 is 11.5 Å². The topological polar surface area (TPSA) is 69.1 Å². The van der Waals surface area contributed by atoms with Gasteiger partial charge in [-0.05, 0) is 24.3 Å². The second-order valence-electron chi connectivity index (χ2n) is 3.50. The van der Waals surface area contributed by atoms with Gasteiger partial charge in [-0.2, -0.15) is 0 Å². The number of rotatable bonds is 2. The third-order valence-electron chi connectivity index (χ3n) is 2.41. The molecule has 0 atom stereocenters. The van der Waals surface area contributed by atoms with Crippen LogP contribution in [0.4, 0.5) is 11.4 Å². The Morgan fingerprint density at radius 3 is 1.50 bits per heavy atom. The van der Waals surface area contributed by atoms with Crippen molar-refractivity contribution in [3.8, 4) is 0 Å². The fraction of sp³-hybridized carbons (Fsp3) is 0. The zero-order valence-electron chi connectivity index (χ0n) is 8.68. The smallest absolute Gasteiger partial charge is 0.197 e. The van der Waals surface area contributed by atoms with E-state index in [0.29, 0.717) is 22.5 Å². The van der Waals surface area contributed by atoms with E-state index in [4.69, 9.17) is 11.5 Å². The van der Waals surface area contributed by atoms with Crippen molar-refractivity contribution in [2.75, 3.05) is 11.5 Å². The molecule has 0 radical (unpaired) electrons. The van der Waals surface area contributed by atoms with E-state index < -0.39 is 0 Å². The molecule has 3 nitrogen and oxygen atoms in total. The van der Waals surface area contributed by atoms with E-state index in [1.165, 1.54) is 0 Å². The van der Waals surface area contributed by atoms with Gasteiger partial charge in [0.15, 0.2) is 5.78 Å². The van der Waals surface area contributed by atoms with Crippen molar-refractivity contribution in [2.24, 2.45) is 0 Å². The van der Waals surface area contributed by atoms with Crippen molar-refractivity contribution in [3.63, 3.8) is 0 Å². The van der Waals surface area contributed by atoms with Gasteiger partial charge in [0, 0.05) is 22.5 Å². The normalized spacial score (nSPS) is 10.0. The summed E-state index contributed by atoms with van der Waals surface area (Å²) in [5.74, 6) is -0.142. The summed E-state index contributed by atoms with van der Waals surface area (Å²) in [5.41, 5.74) is 13.4. The van der Waals surface area contributed by atoms with E-state index in [1.807, 2.05) is 0 Å². The molecule has 4 N–H and O–H groups in total. The molecule has 80 valence electrons. The summed E-state index contributed by atoms with van der Waals surface area (Å²) in [4.78, 5) is 12.1. The molecule has 0 amide bonds. The molecule has 0 heterocycles. The summed E-state index contributed by atoms with van der Waals surface area (Å²) in [7, 11) is 0. The highest BCUT2D eigenvalue weighted by atomic mass is 16.1. The number of para-hydroxylation sites is 2. The molecule has 0 aromatic heterocycles. The summed E-state index contributed by atoms with van der Waals surface area (Å²) in [6.45, 7) is 0. The maximum absolute atomic E-state index is 12.1. The Morgan fingerprint density at radius 1 is 0.750 bits per heavy atom. The molecule has 2 rings (SSSR count). The molecule has 0 saturated carbocycles. The molecule has 0 fully saturated rings. The van der Waals surface area contributed by atoms with Gasteiger partial charge >= 0.3 is 0 Å². The number of nitrogens with two attached hydrogens (primary N) is 2. The molecule has 2 aromatic rings. The molecule has 16 heavy (non-hydrogen) atoms. The minimum Gasteiger partial charge on any atom is -0.398 e. The van der Waals surface area contributed by atoms with Gasteiger partial charge in [0.1, 0.15) is 0 Å². The fourth-order valence-corrected chi connectivity index (χ4v) is 1.55. The molecule has 0 aliphatic rings. The Labute approximate surface area is 93.7 Å². The average Bonchev–Trinajstić information content (AvgIpc) is 2.29. The van der Waals surface area contributed by atoms with Gasteiger partial charge in [0.05, 0.1) is 0 Å². The second-order valence-corrected chi connectivity index (χ2v) is 3.50. The highest BCUT2D eigenvalue weighted by Gasteiger charge is 2.13. The quantitative estimate of drug-likeness (QED) is 0.591. The summed E-state index contributed by atoms with van der Waals surface area (Å²) >= 11 is 0. The number of carbonyl (C=O) groups excluding carboxylic acids is 1. The number of hydrogen-bond acceptors (Lipinski definition) is 3. The van der Waals surface area contributed by atoms with E-state index in [0.717, 1.165) is 0 Å². The zero-order chi connectivity index (χ0) is 11.5. The highest BCUT2D eigenvalue weighted by molar-refractivity contribution is 6.14. The standard InChI is InChI=1S/C13H12N2O/c14-11-7-3-1-5-9(11)13(16)10-6-2-4-8-12(10)15/h1-8H,14-15H2. The van der Waals surface area contributed by atoms with Crippen LogP contribution in [0.25, 0.3) is 0 Å². The lowest BCUT2D eigenvalue weighted by Gasteiger charge is -2.06. The minimum atomic E-state index is -0.142. The predicted octanol–water partition coefficient (Wildman–Crippen LogP) is 2.08. The largest absolute Gasteiger partial charge is 0.398 e. The molecular formula is C13H12N2O. The molecule has 0 spiro atoms. The van der Waals surface area contributed by atoms with Gasteiger partial charge in [-0.25, -0.2) is 0 Å². The van der Waals surface area contributed by atoms with Crippen LogP contribution in [0.15, 0.2) is 48.5 Å². The second kappa shape index (κ2) is 4.06. The Morgan fingerprint density at radius 2 is 1.12 bits per heavy atom. The van der Waals surface area contributed by atoms with Crippen molar-refractivity contribution in [2.45, 2.75) is 0 Å². The first-order valence-corrected chi connectivity index (χ1v) is 4.94. The maximum atomic E-state index is 12.1. The molecule has 3 heteroatoms.